The molecule has 0 bridgehead atoms. The predicted octanol–water partition coefficient (Wildman–Crippen LogP) is 0.902. The van der Waals surface area contributed by atoms with E-state index in [1.165, 1.54) is 18.2 Å². The maximum absolute atomic E-state index is 13.4. The topological polar surface area (TPSA) is 84.9 Å². The van der Waals surface area contributed by atoms with Crippen LogP contribution in [0.25, 0.3) is 0 Å². The van der Waals surface area contributed by atoms with Crippen molar-refractivity contribution < 1.29 is 27.1 Å². The Morgan fingerprint density at radius 2 is 2.24 bits per heavy atom. The second-order valence-corrected chi connectivity index (χ2v) is 7.69. The molecule has 2 atom stereocenters. The number of carbonyl (C=O) groups is 1. The highest BCUT2D eigenvalue weighted by atomic mass is 32.2. The molecule has 0 aromatic heterocycles. The summed E-state index contributed by atoms with van der Waals surface area (Å²) in [5.74, 6) is -1.06. The van der Waals surface area contributed by atoms with Crippen LogP contribution in [0.4, 0.5) is 10.1 Å². The molecule has 1 heterocycles. The van der Waals surface area contributed by atoms with Gasteiger partial charge < -0.3 is 14.8 Å². The molecule has 0 aliphatic carbocycles. The van der Waals surface area contributed by atoms with Gasteiger partial charge in [-0.25, -0.2) is 12.8 Å². The molecule has 2 rings (SSSR count). The van der Waals surface area contributed by atoms with E-state index >= 15 is 0 Å². The molecule has 1 aliphatic rings. The molecule has 0 saturated carbocycles. The number of anilines is 1. The Morgan fingerprint density at radius 1 is 1.48 bits per heavy atom. The molecule has 1 saturated heterocycles. The highest BCUT2D eigenvalue weighted by Gasteiger charge is 2.29. The number of carbonyl (C=O) groups excluding carboxylic acids is 1. The van der Waals surface area contributed by atoms with Gasteiger partial charge in [-0.1, -0.05) is 6.07 Å². The molecular formula is C16H23FN2O5S. The van der Waals surface area contributed by atoms with Gasteiger partial charge in [-0.2, -0.15) is 0 Å². The van der Waals surface area contributed by atoms with Crippen LogP contribution in [0.3, 0.4) is 0 Å². The standard InChI is InChI=1S/C16H23FN2O5S/c1-3-24-15-11-23-8-7-14(15)18-16(20)10-19(25(2,21)22)13-6-4-5-12(17)9-13/h4-6,9,14-15H,3,7-8,10-11H2,1-2H3,(H,18,20)/t14-,15-/m1/s1. The monoisotopic (exact) mass is 374 g/mol. The quantitative estimate of drug-likeness (QED) is 0.767. The Labute approximate surface area is 147 Å². The fourth-order valence-electron chi connectivity index (χ4n) is 2.67. The third-order valence-corrected chi connectivity index (χ3v) is 4.96. The number of amides is 1. The summed E-state index contributed by atoms with van der Waals surface area (Å²) >= 11 is 0. The summed E-state index contributed by atoms with van der Waals surface area (Å²) < 4.78 is 49.2. The Morgan fingerprint density at radius 3 is 2.88 bits per heavy atom. The Balaban J connectivity index is 2.09. The molecule has 0 unspecified atom stereocenters. The lowest BCUT2D eigenvalue weighted by molar-refractivity contribution is -0.124. The number of hydrogen-bond acceptors (Lipinski definition) is 5. The van der Waals surface area contributed by atoms with E-state index in [9.17, 15) is 17.6 Å². The maximum atomic E-state index is 13.4. The van der Waals surface area contributed by atoms with E-state index in [0.717, 1.165) is 16.6 Å². The van der Waals surface area contributed by atoms with Crippen molar-refractivity contribution in [1.29, 1.82) is 0 Å². The summed E-state index contributed by atoms with van der Waals surface area (Å²) in [5, 5.41) is 2.80. The molecule has 25 heavy (non-hydrogen) atoms. The third kappa shape index (κ3) is 5.65. The Kier molecular flexibility index (Phi) is 6.74. The lowest BCUT2D eigenvalue weighted by Gasteiger charge is -2.32. The number of rotatable bonds is 7. The van der Waals surface area contributed by atoms with Crippen molar-refractivity contribution in [2.45, 2.75) is 25.5 Å². The number of ether oxygens (including phenoxy) is 2. The molecule has 1 aromatic carbocycles. The van der Waals surface area contributed by atoms with Gasteiger partial charge in [0.05, 0.1) is 24.6 Å². The van der Waals surface area contributed by atoms with Gasteiger partial charge in [0.15, 0.2) is 0 Å². The second kappa shape index (κ2) is 8.59. The van der Waals surface area contributed by atoms with Crippen LogP contribution in [-0.4, -0.2) is 59.1 Å². The number of sulfonamides is 1. The van der Waals surface area contributed by atoms with Crippen LogP contribution in [0.1, 0.15) is 13.3 Å². The van der Waals surface area contributed by atoms with Gasteiger partial charge in [-0.3, -0.25) is 9.10 Å². The molecule has 0 spiro atoms. The first-order valence-electron chi connectivity index (χ1n) is 8.03. The molecule has 1 aromatic rings. The molecule has 140 valence electrons. The summed E-state index contributed by atoms with van der Waals surface area (Å²) in [6.07, 6.45) is 1.28. The van der Waals surface area contributed by atoms with Crippen LogP contribution >= 0.6 is 0 Å². The average molecular weight is 374 g/mol. The number of halogens is 1. The fraction of sp³-hybridized carbons (Fsp3) is 0.562. The van der Waals surface area contributed by atoms with Gasteiger partial charge in [0.2, 0.25) is 15.9 Å². The van der Waals surface area contributed by atoms with Crippen LogP contribution in [0.15, 0.2) is 24.3 Å². The van der Waals surface area contributed by atoms with E-state index in [2.05, 4.69) is 5.32 Å². The molecule has 7 nitrogen and oxygen atoms in total. The molecule has 9 heteroatoms. The minimum Gasteiger partial charge on any atom is -0.379 e. The number of nitrogens with zero attached hydrogens (tertiary/aromatic N) is 1. The number of hydrogen-bond donors (Lipinski definition) is 1. The largest absolute Gasteiger partial charge is 0.379 e. The average Bonchev–Trinajstić information content (AvgIpc) is 2.53. The molecule has 1 amide bonds. The smallest absolute Gasteiger partial charge is 0.241 e. The highest BCUT2D eigenvalue weighted by Crippen LogP contribution is 2.18. The van der Waals surface area contributed by atoms with Gasteiger partial charge in [-0.15, -0.1) is 0 Å². The van der Waals surface area contributed by atoms with Crippen molar-refractivity contribution in [2.24, 2.45) is 0 Å². The van der Waals surface area contributed by atoms with Gasteiger partial charge in [-0.05, 0) is 31.5 Å². The fourth-order valence-corrected chi connectivity index (χ4v) is 3.52. The van der Waals surface area contributed by atoms with Crippen molar-refractivity contribution in [3.63, 3.8) is 0 Å². The van der Waals surface area contributed by atoms with E-state index in [1.807, 2.05) is 6.92 Å². The maximum Gasteiger partial charge on any atom is 0.241 e. The summed E-state index contributed by atoms with van der Waals surface area (Å²) in [4.78, 5) is 12.4. The van der Waals surface area contributed by atoms with Gasteiger partial charge in [0.1, 0.15) is 18.5 Å². The molecule has 1 N–H and O–H groups in total. The lowest BCUT2D eigenvalue weighted by Crippen LogP contribution is -2.52. The van der Waals surface area contributed by atoms with Crippen LogP contribution in [0, 0.1) is 5.82 Å². The van der Waals surface area contributed by atoms with Crippen molar-refractivity contribution >= 4 is 21.6 Å². The van der Waals surface area contributed by atoms with Crippen LogP contribution in [0.5, 0.6) is 0 Å². The van der Waals surface area contributed by atoms with Crippen LogP contribution in [-0.2, 0) is 24.3 Å². The normalized spacial score (nSPS) is 20.9. The van der Waals surface area contributed by atoms with Crippen molar-refractivity contribution in [3.05, 3.63) is 30.1 Å². The second-order valence-electron chi connectivity index (χ2n) is 5.78. The van der Waals surface area contributed by atoms with Crippen molar-refractivity contribution in [3.8, 4) is 0 Å². The Hall–Kier alpha value is -1.71. The van der Waals surface area contributed by atoms with Gasteiger partial charge in [0.25, 0.3) is 0 Å². The zero-order valence-corrected chi connectivity index (χ0v) is 15.1. The molecule has 1 aliphatic heterocycles. The van der Waals surface area contributed by atoms with Crippen molar-refractivity contribution in [1.82, 2.24) is 5.32 Å². The minimum absolute atomic E-state index is 0.103. The minimum atomic E-state index is -3.74. The summed E-state index contributed by atoms with van der Waals surface area (Å²) in [6.45, 7) is 2.77. The van der Waals surface area contributed by atoms with E-state index in [1.54, 1.807) is 0 Å². The number of benzene rings is 1. The van der Waals surface area contributed by atoms with Crippen LogP contribution in [0.2, 0.25) is 0 Å². The van der Waals surface area contributed by atoms with E-state index < -0.39 is 28.3 Å². The molecule has 1 fully saturated rings. The first kappa shape index (κ1) is 19.6. The summed E-state index contributed by atoms with van der Waals surface area (Å²) in [5.41, 5.74) is 0.103. The predicted molar refractivity (Wildman–Crippen MR) is 91.4 cm³/mol. The number of nitrogens with one attached hydrogen (secondary N) is 1. The molecular weight excluding hydrogens is 351 g/mol. The van der Waals surface area contributed by atoms with Crippen LogP contribution < -0.4 is 9.62 Å². The van der Waals surface area contributed by atoms with Gasteiger partial charge >= 0.3 is 0 Å². The molecule has 0 radical (unpaired) electrons. The highest BCUT2D eigenvalue weighted by molar-refractivity contribution is 7.92. The zero-order chi connectivity index (χ0) is 18.4. The van der Waals surface area contributed by atoms with E-state index in [0.29, 0.717) is 26.2 Å². The first-order chi connectivity index (χ1) is 11.8. The van der Waals surface area contributed by atoms with Gasteiger partial charge in [0, 0.05) is 13.2 Å². The Bertz CT molecular complexity index is 696. The third-order valence-electron chi connectivity index (χ3n) is 3.81. The lowest BCUT2D eigenvalue weighted by atomic mass is 10.1. The summed E-state index contributed by atoms with van der Waals surface area (Å²) in [7, 11) is -3.74. The zero-order valence-electron chi connectivity index (χ0n) is 14.3. The van der Waals surface area contributed by atoms with E-state index in [4.69, 9.17) is 9.47 Å². The van der Waals surface area contributed by atoms with E-state index in [-0.39, 0.29) is 17.8 Å². The SMILES string of the molecule is CCO[C@@H]1COCC[C@H]1NC(=O)CN(c1cccc(F)c1)S(C)(=O)=O. The first-order valence-corrected chi connectivity index (χ1v) is 9.88. The summed E-state index contributed by atoms with van der Waals surface area (Å²) in [6, 6.07) is 4.86. The van der Waals surface area contributed by atoms with Crippen molar-refractivity contribution in [2.75, 3.05) is 36.9 Å².